The van der Waals surface area contributed by atoms with Crippen molar-refractivity contribution in [1.29, 1.82) is 0 Å². The van der Waals surface area contributed by atoms with Crippen LogP contribution in [0, 0.1) is 18.7 Å². The number of ether oxygens (including phenoxy) is 1. The zero-order valence-corrected chi connectivity index (χ0v) is 12.5. The molecule has 7 heteroatoms. The number of hydrogen-bond acceptors (Lipinski definition) is 4. The largest absolute Gasteiger partial charge is 0.466 e. The standard InChI is InChI=1S/C13H18FNO4S/c1-4-19-13(16)10(3)8-15-20(17,18)11-6-5-9(2)12(14)7-11/h5-7,10,15H,4,8H2,1-3H3. The van der Waals surface area contributed by atoms with Gasteiger partial charge in [-0.05, 0) is 31.5 Å². The Morgan fingerprint density at radius 2 is 2.10 bits per heavy atom. The first-order chi connectivity index (χ1) is 9.27. The molecule has 0 fully saturated rings. The lowest BCUT2D eigenvalue weighted by Crippen LogP contribution is -2.32. The second-order valence-electron chi connectivity index (χ2n) is 4.42. The molecule has 0 amide bonds. The summed E-state index contributed by atoms with van der Waals surface area (Å²) in [4.78, 5) is 11.2. The van der Waals surface area contributed by atoms with E-state index in [4.69, 9.17) is 4.74 Å². The number of hydrogen-bond donors (Lipinski definition) is 1. The summed E-state index contributed by atoms with van der Waals surface area (Å²) in [7, 11) is -3.84. The summed E-state index contributed by atoms with van der Waals surface area (Å²) in [6.07, 6.45) is 0. The molecule has 112 valence electrons. The molecule has 0 spiro atoms. The first kappa shape index (κ1) is 16.6. The summed E-state index contributed by atoms with van der Waals surface area (Å²) < 4.78 is 44.3. The Bertz CT molecular complexity index is 586. The van der Waals surface area contributed by atoms with Crippen molar-refractivity contribution in [2.75, 3.05) is 13.2 Å². The zero-order chi connectivity index (χ0) is 15.3. The van der Waals surface area contributed by atoms with E-state index in [0.717, 1.165) is 6.07 Å². The molecule has 1 N–H and O–H groups in total. The van der Waals surface area contributed by atoms with Gasteiger partial charge in [0, 0.05) is 6.54 Å². The van der Waals surface area contributed by atoms with Crippen molar-refractivity contribution in [3.8, 4) is 0 Å². The summed E-state index contributed by atoms with van der Waals surface area (Å²) in [5.41, 5.74) is 0.365. The molecular weight excluding hydrogens is 285 g/mol. The van der Waals surface area contributed by atoms with E-state index in [1.54, 1.807) is 20.8 Å². The third-order valence-corrected chi connectivity index (χ3v) is 4.14. The third kappa shape index (κ3) is 4.28. The molecule has 0 aliphatic carbocycles. The molecule has 1 atom stereocenters. The molecule has 1 aromatic carbocycles. The lowest BCUT2D eigenvalue weighted by atomic mass is 10.2. The minimum atomic E-state index is -3.84. The van der Waals surface area contributed by atoms with Crippen LogP contribution >= 0.6 is 0 Å². The molecule has 5 nitrogen and oxygen atoms in total. The maximum atomic E-state index is 13.4. The van der Waals surface area contributed by atoms with Crippen LogP contribution in [0.2, 0.25) is 0 Å². The van der Waals surface area contributed by atoms with Gasteiger partial charge in [-0.1, -0.05) is 13.0 Å². The maximum absolute atomic E-state index is 13.4. The molecule has 1 aromatic rings. The molecule has 0 saturated carbocycles. The summed E-state index contributed by atoms with van der Waals surface area (Å²) in [6.45, 7) is 4.90. The van der Waals surface area contributed by atoms with Gasteiger partial charge in [-0.25, -0.2) is 17.5 Å². The molecule has 0 aliphatic heterocycles. The molecular formula is C13H18FNO4S. The summed E-state index contributed by atoms with van der Waals surface area (Å²) in [5.74, 6) is -1.68. The van der Waals surface area contributed by atoms with Gasteiger partial charge in [0.25, 0.3) is 0 Å². The van der Waals surface area contributed by atoms with Crippen molar-refractivity contribution in [3.05, 3.63) is 29.6 Å². The molecule has 0 saturated heterocycles. The summed E-state index contributed by atoms with van der Waals surface area (Å²) >= 11 is 0. The van der Waals surface area contributed by atoms with Crippen LogP contribution in [0.1, 0.15) is 19.4 Å². The number of carbonyl (C=O) groups is 1. The van der Waals surface area contributed by atoms with Gasteiger partial charge in [-0.3, -0.25) is 4.79 Å². The smallest absolute Gasteiger partial charge is 0.309 e. The van der Waals surface area contributed by atoms with Crippen molar-refractivity contribution < 1.29 is 22.3 Å². The molecule has 1 unspecified atom stereocenters. The fourth-order valence-electron chi connectivity index (χ4n) is 1.43. The predicted molar refractivity (Wildman–Crippen MR) is 72.1 cm³/mol. The maximum Gasteiger partial charge on any atom is 0.309 e. The first-order valence-electron chi connectivity index (χ1n) is 6.20. The van der Waals surface area contributed by atoms with Crippen molar-refractivity contribution in [3.63, 3.8) is 0 Å². The number of benzene rings is 1. The van der Waals surface area contributed by atoms with Gasteiger partial charge in [0.15, 0.2) is 0 Å². The highest BCUT2D eigenvalue weighted by Crippen LogP contribution is 2.14. The Balaban J connectivity index is 2.75. The molecule has 0 aliphatic rings. The van der Waals surface area contributed by atoms with E-state index in [2.05, 4.69) is 4.72 Å². The number of halogens is 1. The SMILES string of the molecule is CCOC(=O)C(C)CNS(=O)(=O)c1ccc(C)c(F)c1. The number of rotatable bonds is 6. The van der Waals surface area contributed by atoms with Crippen LogP contribution in [0.25, 0.3) is 0 Å². The van der Waals surface area contributed by atoms with Crippen molar-refractivity contribution in [1.82, 2.24) is 4.72 Å². The van der Waals surface area contributed by atoms with Crippen LogP contribution in [-0.2, 0) is 19.6 Å². The van der Waals surface area contributed by atoms with E-state index < -0.39 is 27.7 Å². The average Bonchev–Trinajstić information content (AvgIpc) is 2.39. The fraction of sp³-hybridized carbons (Fsp3) is 0.462. The quantitative estimate of drug-likeness (QED) is 0.810. The van der Waals surface area contributed by atoms with Gasteiger partial charge < -0.3 is 4.74 Å². The number of aryl methyl sites for hydroxylation is 1. The summed E-state index contributed by atoms with van der Waals surface area (Å²) in [5, 5.41) is 0. The summed E-state index contributed by atoms with van der Waals surface area (Å²) in [6, 6.07) is 3.65. The van der Waals surface area contributed by atoms with E-state index >= 15 is 0 Å². The molecule has 0 heterocycles. The first-order valence-corrected chi connectivity index (χ1v) is 7.68. The second kappa shape index (κ2) is 6.81. The normalized spacial score (nSPS) is 13.0. The number of esters is 1. The van der Waals surface area contributed by atoms with E-state index in [-0.39, 0.29) is 18.0 Å². The fourth-order valence-corrected chi connectivity index (χ4v) is 2.57. The van der Waals surface area contributed by atoms with Gasteiger partial charge in [0.05, 0.1) is 17.4 Å². The number of nitrogens with one attached hydrogen (secondary N) is 1. The van der Waals surface area contributed by atoms with E-state index in [1.165, 1.54) is 12.1 Å². The minimum absolute atomic E-state index is 0.101. The van der Waals surface area contributed by atoms with Crippen LogP contribution in [-0.4, -0.2) is 27.5 Å². The van der Waals surface area contributed by atoms with Gasteiger partial charge >= 0.3 is 5.97 Å². The van der Waals surface area contributed by atoms with Gasteiger partial charge in [0.2, 0.25) is 10.0 Å². The highest BCUT2D eigenvalue weighted by atomic mass is 32.2. The molecule has 0 radical (unpaired) electrons. The van der Waals surface area contributed by atoms with Crippen LogP contribution in [0.3, 0.4) is 0 Å². The van der Waals surface area contributed by atoms with Gasteiger partial charge in [0.1, 0.15) is 5.82 Å². The van der Waals surface area contributed by atoms with Gasteiger partial charge in [-0.15, -0.1) is 0 Å². The Morgan fingerprint density at radius 1 is 1.45 bits per heavy atom. The van der Waals surface area contributed by atoms with Crippen molar-refractivity contribution in [2.45, 2.75) is 25.7 Å². The Labute approximate surface area is 118 Å². The Kier molecular flexibility index (Phi) is 5.64. The predicted octanol–water partition coefficient (Wildman–Crippen LogP) is 1.61. The van der Waals surface area contributed by atoms with Crippen LogP contribution in [0.5, 0.6) is 0 Å². The minimum Gasteiger partial charge on any atom is -0.466 e. The van der Waals surface area contributed by atoms with E-state index in [1.807, 2.05) is 0 Å². The molecule has 1 rings (SSSR count). The zero-order valence-electron chi connectivity index (χ0n) is 11.6. The second-order valence-corrected chi connectivity index (χ2v) is 6.18. The third-order valence-electron chi connectivity index (χ3n) is 2.72. The van der Waals surface area contributed by atoms with Crippen LogP contribution in [0.4, 0.5) is 4.39 Å². The highest BCUT2D eigenvalue weighted by molar-refractivity contribution is 7.89. The lowest BCUT2D eigenvalue weighted by molar-refractivity contribution is -0.147. The van der Waals surface area contributed by atoms with Gasteiger partial charge in [-0.2, -0.15) is 0 Å². The molecule has 0 aromatic heterocycles. The Hall–Kier alpha value is -1.47. The number of carbonyl (C=O) groups excluding carboxylic acids is 1. The highest BCUT2D eigenvalue weighted by Gasteiger charge is 2.20. The number of sulfonamides is 1. The van der Waals surface area contributed by atoms with Crippen LogP contribution in [0.15, 0.2) is 23.1 Å². The average molecular weight is 303 g/mol. The molecule has 20 heavy (non-hydrogen) atoms. The monoisotopic (exact) mass is 303 g/mol. The van der Waals surface area contributed by atoms with Crippen molar-refractivity contribution >= 4 is 16.0 Å². The van der Waals surface area contributed by atoms with E-state index in [9.17, 15) is 17.6 Å². The lowest BCUT2D eigenvalue weighted by Gasteiger charge is -2.12. The van der Waals surface area contributed by atoms with Crippen LogP contribution < -0.4 is 4.72 Å². The Morgan fingerprint density at radius 3 is 2.65 bits per heavy atom. The topological polar surface area (TPSA) is 72.5 Å². The molecule has 0 bridgehead atoms. The van der Waals surface area contributed by atoms with Crippen molar-refractivity contribution in [2.24, 2.45) is 5.92 Å². The van der Waals surface area contributed by atoms with E-state index in [0.29, 0.717) is 5.56 Å².